The Balaban J connectivity index is 0.00000400. The van der Waals surface area contributed by atoms with E-state index in [1.54, 1.807) is 6.92 Å². The van der Waals surface area contributed by atoms with E-state index in [-0.39, 0.29) is 24.4 Å². The molecule has 1 aliphatic heterocycles. The van der Waals surface area contributed by atoms with Gasteiger partial charge in [-0.05, 0) is 19.3 Å². The number of halogens is 1. The third kappa shape index (κ3) is 6.92. The molecule has 0 aromatic rings. The maximum absolute atomic E-state index is 11.8. The van der Waals surface area contributed by atoms with Crippen LogP contribution in [0.5, 0.6) is 0 Å². The van der Waals surface area contributed by atoms with E-state index < -0.39 is 16.1 Å². The van der Waals surface area contributed by atoms with E-state index in [1.807, 2.05) is 0 Å². The lowest BCUT2D eigenvalue weighted by molar-refractivity contribution is -0.131. The Morgan fingerprint density at radius 1 is 1.43 bits per heavy atom. The summed E-state index contributed by atoms with van der Waals surface area (Å²) in [5.74, 6) is -0.136. The summed E-state index contributed by atoms with van der Waals surface area (Å²) in [4.78, 5) is 11.8. The first-order valence-corrected chi connectivity index (χ1v) is 8.81. The maximum atomic E-state index is 11.8. The van der Waals surface area contributed by atoms with Gasteiger partial charge in [-0.2, -0.15) is 0 Å². The van der Waals surface area contributed by atoms with Gasteiger partial charge in [-0.25, -0.2) is 12.7 Å². The summed E-state index contributed by atoms with van der Waals surface area (Å²) in [5, 5.41) is 2.77. The molecule has 126 valence electrons. The van der Waals surface area contributed by atoms with E-state index in [1.165, 1.54) is 10.6 Å². The Morgan fingerprint density at radius 2 is 2.10 bits per heavy atom. The Kier molecular flexibility index (Phi) is 9.39. The molecular formula is C12H26ClN3O4S. The molecule has 0 aliphatic carbocycles. The molecule has 1 fully saturated rings. The summed E-state index contributed by atoms with van der Waals surface area (Å²) in [5.41, 5.74) is 5.49. The molecule has 21 heavy (non-hydrogen) atoms. The fourth-order valence-electron chi connectivity index (χ4n) is 2.21. The van der Waals surface area contributed by atoms with Gasteiger partial charge >= 0.3 is 0 Å². The van der Waals surface area contributed by atoms with E-state index >= 15 is 0 Å². The van der Waals surface area contributed by atoms with Crippen LogP contribution in [0.15, 0.2) is 0 Å². The van der Waals surface area contributed by atoms with E-state index in [0.29, 0.717) is 39.0 Å². The van der Waals surface area contributed by atoms with Crippen molar-refractivity contribution in [2.75, 3.05) is 32.4 Å². The molecule has 1 aliphatic rings. The number of carbonyl (C=O) groups excluding carboxylic acids is 1. The highest BCUT2D eigenvalue weighted by Crippen LogP contribution is 2.18. The minimum Gasteiger partial charge on any atom is -0.364 e. The quantitative estimate of drug-likeness (QED) is 0.589. The van der Waals surface area contributed by atoms with Gasteiger partial charge in [-0.3, -0.25) is 4.79 Å². The summed E-state index contributed by atoms with van der Waals surface area (Å²) in [6.07, 6.45) is 2.84. The van der Waals surface area contributed by atoms with Gasteiger partial charge in [0.2, 0.25) is 15.9 Å². The van der Waals surface area contributed by atoms with Crippen molar-refractivity contribution in [3.05, 3.63) is 0 Å². The zero-order valence-corrected chi connectivity index (χ0v) is 14.2. The highest BCUT2D eigenvalue weighted by atomic mass is 35.5. The van der Waals surface area contributed by atoms with Gasteiger partial charge in [0.15, 0.2) is 0 Å². The fraction of sp³-hybridized carbons (Fsp3) is 0.917. The topological polar surface area (TPSA) is 102 Å². The Bertz CT molecular complexity index is 419. The monoisotopic (exact) mass is 343 g/mol. The van der Waals surface area contributed by atoms with Crippen molar-refractivity contribution in [1.29, 1.82) is 0 Å². The largest absolute Gasteiger partial charge is 0.364 e. The third-order valence-electron chi connectivity index (χ3n) is 3.37. The standard InChI is InChI=1S/C12H25N3O4S.ClH/c1-3-15(20(2,17)18)8-4-7-14-12(16)11-6-5-10(9-13)19-11;/h10-11H,3-9,13H2,1-2H3,(H,14,16);1H/t10-,11+;/m1./s1. The number of rotatable bonds is 8. The maximum Gasteiger partial charge on any atom is 0.249 e. The van der Waals surface area contributed by atoms with E-state index in [0.717, 1.165) is 6.42 Å². The van der Waals surface area contributed by atoms with Crippen LogP contribution in [0.4, 0.5) is 0 Å². The van der Waals surface area contributed by atoms with Gasteiger partial charge in [0, 0.05) is 26.2 Å². The number of carbonyl (C=O) groups is 1. The van der Waals surface area contributed by atoms with E-state index in [4.69, 9.17) is 10.5 Å². The zero-order valence-electron chi connectivity index (χ0n) is 12.6. The molecule has 0 radical (unpaired) electrons. The number of sulfonamides is 1. The normalized spacial score (nSPS) is 22.1. The van der Waals surface area contributed by atoms with Crippen LogP contribution in [-0.4, -0.2) is 63.3 Å². The van der Waals surface area contributed by atoms with Gasteiger partial charge in [-0.1, -0.05) is 6.92 Å². The molecule has 1 saturated heterocycles. The Morgan fingerprint density at radius 3 is 2.57 bits per heavy atom. The molecule has 7 nitrogen and oxygen atoms in total. The van der Waals surface area contributed by atoms with Gasteiger partial charge in [-0.15, -0.1) is 12.4 Å². The third-order valence-corrected chi connectivity index (χ3v) is 4.75. The van der Waals surface area contributed by atoms with Crippen molar-refractivity contribution in [3.63, 3.8) is 0 Å². The highest BCUT2D eigenvalue weighted by Gasteiger charge is 2.29. The summed E-state index contributed by atoms with van der Waals surface area (Å²) in [6.45, 7) is 3.52. The van der Waals surface area contributed by atoms with Crippen LogP contribution >= 0.6 is 12.4 Å². The van der Waals surface area contributed by atoms with Gasteiger partial charge in [0.1, 0.15) is 6.10 Å². The van der Waals surface area contributed by atoms with Crippen LogP contribution in [0.25, 0.3) is 0 Å². The van der Waals surface area contributed by atoms with Crippen LogP contribution in [0.1, 0.15) is 26.2 Å². The predicted molar refractivity (Wildman–Crippen MR) is 83.9 cm³/mol. The van der Waals surface area contributed by atoms with Crippen molar-refractivity contribution in [3.8, 4) is 0 Å². The SMILES string of the molecule is CCN(CCCNC(=O)[C@@H]1CC[C@H](CN)O1)S(C)(=O)=O.Cl. The molecule has 3 N–H and O–H groups in total. The molecule has 0 aromatic carbocycles. The van der Waals surface area contributed by atoms with Crippen LogP contribution in [0, 0.1) is 0 Å². The van der Waals surface area contributed by atoms with Crippen LogP contribution in [-0.2, 0) is 19.6 Å². The van der Waals surface area contributed by atoms with Crippen molar-refractivity contribution in [2.24, 2.45) is 5.73 Å². The second kappa shape index (κ2) is 9.58. The number of nitrogens with zero attached hydrogens (tertiary/aromatic N) is 1. The summed E-state index contributed by atoms with van der Waals surface area (Å²) in [7, 11) is -3.16. The molecule has 0 spiro atoms. The van der Waals surface area contributed by atoms with E-state index in [2.05, 4.69) is 5.32 Å². The Labute approximate surface area is 133 Å². The predicted octanol–water partition coefficient (Wildman–Crippen LogP) is -0.298. The average Bonchev–Trinajstić information content (AvgIpc) is 2.85. The number of nitrogens with two attached hydrogens (primary N) is 1. The van der Waals surface area contributed by atoms with Crippen molar-refractivity contribution >= 4 is 28.3 Å². The smallest absolute Gasteiger partial charge is 0.249 e. The summed E-state index contributed by atoms with van der Waals surface area (Å²) in [6, 6.07) is 0. The van der Waals surface area contributed by atoms with Crippen molar-refractivity contribution < 1.29 is 17.9 Å². The second-order valence-corrected chi connectivity index (χ2v) is 6.94. The van der Waals surface area contributed by atoms with E-state index in [9.17, 15) is 13.2 Å². The minimum atomic E-state index is -3.16. The lowest BCUT2D eigenvalue weighted by Gasteiger charge is -2.18. The van der Waals surface area contributed by atoms with Crippen LogP contribution in [0.3, 0.4) is 0 Å². The molecule has 1 heterocycles. The Hall–Kier alpha value is -0.410. The number of nitrogens with one attached hydrogen (secondary N) is 1. The number of amides is 1. The van der Waals surface area contributed by atoms with Crippen LogP contribution in [0.2, 0.25) is 0 Å². The lowest BCUT2D eigenvalue weighted by atomic mass is 10.2. The number of hydrogen-bond acceptors (Lipinski definition) is 5. The highest BCUT2D eigenvalue weighted by molar-refractivity contribution is 7.88. The zero-order chi connectivity index (χ0) is 15.2. The molecule has 0 bridgehead atoms. The molecule has 0 aromatic heterocycles. The molecule has 1 rings (SSSR count). The first kappa shape index (κ1) is 20.6. The molecular weight excluding hydrogens is 318 g/mol. The number of hydrogen-bond donors (Lipinski definition) is 2. The van der Waals surface area contributed by atoms with Gasteiger partial charge in [0.25, 0.3) is 0 Å². The van der Waals surface area contributed by atoms with Gasteiger partial charge < -0.3 is 15.8 Å². The van der Waals surface area contributed by atoms with Crippen molar-refractivity contribution in [2.45, 2.75) is 38.4 Å². The summed E-state index contributed by atoms with van der Waals surface area (Å²) < 4.78 is 29.6. The average molecular weight is 344 g/mol. The summed E-state index contributed by atoms with van der Waals surface area (Å²) >= 11 is 0. The number of ether oxygens (including phenoxy) is 1. The molecule has 2 atom stereocenters. The van der Waals surface area contributed by atoms with Gasteiger partial charge in [0.05, 0.1) is 12.4 Å². The fourth-order valence-corrected chi connectivity index (χ4v) is 3.14. The molecule has 0 saturated carbocycles. The first-order valence-electron chi connectivity index (χ1n) is 6.96. The minimum absolute atomic E-state index is 0. The molecule has 1 amide bonds. The molecule has 9 heteroatoms. The molecule has 0 unspecified atom stereocenters. The second-order valence-electron chi connectivity index (χ2n) is 4.96. The lowest BCUT2D eigenvalue weighted by Crippen LogP contribution is -2.38. The first-order chi connectivity index (χ1) is 9.38. The van der Waals surface area contributed by atoms with Crippen LogP contribution < -0.4 is 11.1 Å². The van der Waals surface area contributed by atoms with Crippen molar-refractivity contribution in [1.82, 2.24) is 9.62 Å².